The van der Waals surface area contributed by atoms with Crippen molar-refractivity contribution in [2.75, 3.05) is 13.7 Å². The Balaban J connectivity index is 1.27. The summed E-state index contributed by atoms with van der Waals surface area (Å²) in [7, 11) is 1.33. The average molecular weight is 645 g/mol. The summed E-state index contributed by atoms with van der Waals surface area (Å²) in [4.78, 5) is 13.3. The van der Waals surface area contributed by atoms with Gasteiger partial charge in [-0.1, -0.05) is 0 Å². The topological polar surface area (TPSA) is 244 Å². The molecule has 0 spiro atoms. The number of aliphatic hydroxyl groups is 8. The van der Waals surface area contributed by atoms with Gasteiger partial charge in [-0.15, -0.1) is 0 Å². The zero-order valence-electron chi connectivity index (χ0n) is 24.7. The fraction of sp³-hybridized carbons (Fsp3) is 0.690. The molecule has 0 amide bonds. The number of rotatable bonds is 8. The first-order valence-corrected chi connectivity index (χ1v) is 14.5. The SMILES string of the molecule is COc1cc(C(=O)O[C@H]2C[C@](C)(O)[C@@H]3[C@H](O[C@@H]4O[C@H](CO)[C@H](O)[C@@H](O)[C@H]4O)OC=C[C@H]32)ccc1O[C@H]1O[C@H](C)[C@H](O)[C@@H](O)[C@H]1O. The minimum atomic E-state index is -1.69. The van der Waals surface area contributed by atoms with E-state index in [0.717, 1.165) is 0 Å². The number of carbonyl (C=O) groups is 1. The second-order valence-electron chi connectivity index (χ2n) is 11.9. The fourth-order valence-electron chi connectivity index (χ4n) is 6.22. The Bertz CT molecular complexity index is 1220. The maximum atomic E-state index is 13.3. The Labute approximate surface area is 257 Å². The molecule has 252 valence electrons. The van der Waals surface area contributed by atoms with Gasteiger partial charge in [0, 0.05) is 12.3 Å². The van der Waals surface area contributed by atoms with Crippen LogP contribution in [0.3, 0.4) is 0 Å². The Morgan fingerprint density at radius 1 is 0.933 bits per heavy atom. The zero-order chi connectivity index (χ0) is 32.8. The highest BCUT2D eigenvalue weighted by molar-refractivity contribution is 5.90. The lowest BCUT2D eigenvalue weighted by Crippen LogP contribution is -2.60. The second-order valence-corrected chi connectivity index (χ2v) is 11.9. The highest BCUT2D eigenvalue weighted by Crippen LogP contribution is 2.48. The molecular formula is C29H40O16. The van der Waals surface area contributed by atoms with E-state index in [0.29, 0.717) is 0 Å². The van der Waals surface area contributed by atoms with Gasteiger partial charge < -0.3 is 74.0 Å². The maximum Gasteiger partial charge on any atom is 0.338 e. The standard InChI is InChI=1S/C29H40O16/c1-11-19(31)21(33)23(35)27(41-11)43-14-5-4-12(8-15(14)39-3)25(37)42-16-9-29(2,38)18-13(16)6-7-40-26(18)45-28-24(36)22(34)20(32)17(10-30)44-28/h4-8,11,13,16-24,26-28,30-36,38H,9-10H2,1-3H3/t11-,13+,16+,17-,18+,19+,20+,21-,22-,23-,24-,26+,27-,28+,29+/m1/s1. The lowest BCUT2D eigenvalue weighted by atomic mass is 9.85. The fourth-order valence-corrected chi connectivity index (χ4v) is 6.22. The second kappa shape index (κ2) is 13.2. The van der Waals surface area contributed by atoms with Crippen molar-refractivity contribution in [3.8, 4) is 11.5 Å². The number of hydrogen-bond donors (Lipinski definition) is 8. The molecule has 8 N–H and O–H groups in total. The van der Waals surface area contributed by atoms with Crippen LogP contribution in [0.15, 0.2) is 30.5 Å². The monoisotopic (exact) mass is 644 g/mol. The molecule has 4 aliphatic rings. The van der Waals surface area contributed by atoms with E-state index < -0.39 is 104 Å². The van der Waals surface area contributed by atoms with Crippen molar-refractivity contribution in [1.29, 1.82) is 0 Å². The summed E-state index contributed by atoms with van der Waals surface area (Å²) in [5.74, 6) is -2.02. The third-order valence-corrected chi connectivity index (χ3v) is 8.81. The van der Waals surface area contributed by atoms with E-state index in [1.54, 1.807) is 6.08 Å². The summed E-state index contributed by atoms with van der Waals surface area (Å²) in [6.07, 6.45) is -13.4. The van der Waals surface area contributed by atoms with Gasteiger partial charge in [0.25, 0.3) is 0 Å². The van der Waals surface area contributed by atoms with Crippen LogP contribution in [0, 0.1) is 11.8 Å². The van der Waals surface area contributed by atoms with Gasteiger partial charge >= 0.3 is 5.97 Å². The first-order valence-electron chi connectivity index (χ1n) is 14.5. The van der Waals surface area contributed by atoms with E-state index in [1.165, 1.54) is 45.4 Å². The highest BCUT2D eigenvalue weighted by atomic mass is 16.8. The molecular weight excluding hydrogens is 604 g/mol. The van der Waals surface area contributed by atoms with E-state index >= 15 is 0 Å². The number of methoxy groups -OCH3 is 1. The third kappa shape index (κ3) is 6.50. The molecule has 1 saturated carbocycles. The molecule has 5 rings (SSSR count). The molecule has 16 heteroatoms. The number of ether oxygens (including phenoxy) is 7. The van der Waals surface area contributed by atoms with Crippen molar-refractivity contribution in [1.82, 2.24) is 0 Å². The number of hydrogen-bond acceptors (Lipinski definition) is 16. The Kier molecular flexibility index (Phi) is 9.93. The van der Waals surface area contributed by atoms with Crippen molar-refractivity contribution in [3.63, 3.8) is 0 Å². The molecule has 1 aromatic rings. The van der Waals surface area contributed by atoms with Crippen molar-refractivity contribution < 1.29 is 78.8 Å². The third-order valence-electron chi connectivity index (χ3n) is 8.81. The molecule has 3 fully saturated rings. The van der Waals surface area contributed by atoms with Crippen molar-refractivity contribution >= 4 is 5.97 Å². The molecule has 3 aliphatic heterocycles. The van der Waals surface area contributed by atoms with Crippen LogP contribution in [0.1, 0.15) is 30.6 Å². The van der Waals surface area contributed by atoms with Crippen LogP contribution in [0.4, 0.5) is 0 Å². The van der Waals surface area contributed by atoms with Crippen LogP contribution in [0.25, 0.3) is 0 Å². The lowest BCUT2D eigenvalue weighted by Gasteiger charge is -2.43. The van der Waals surface area contributed by atoms with E-state index in [4.69, 9.17) is 33.2 Å². The average Bonchev–Trinajstić information content (AvgIpc) is 3.28. The summed E-state index contributed by atoms with van der Waals surface area (Å²) in [5, 5.41) is 81.7. The van der Waals surface area contributed by atoms with Gasteiger partial charge in [-0.25, -0.2) is 4.79 Å². The first kappa shape index (κ1) is 33.7. The summed E-state index contributed by atoms with van der Waals surface area (Å²) in [6, 6.07) is 4.12. The molecule has 0 bridgehead atoms. The minimum Gasteiger partial charge on any atom is -0.493 e. The number of aliphatic hydroxyl groups excluding tert-OH is 7. The molecule has 2 saturated heterocycles. The molecule has 3 heterocycles. The Hall–Kier alpha value is -2.61. The summed E-state index contributed by atoms with van der Waals surface area (Å²) < 4.78 is 39.1. The number of esters is 1. The number of fused-ring (bicyclic) bond motifs is 1. The van der Waals surface area contributed by atoms with Crippen LogP contribution in [0.2, 0.25) is 0 Å². The number of benzene rings is 1. The molecule has 45 heavy (non-hydrogen) atoms. The van der Waals surface area contributed by atoms with Crippen LogP contribution in [-0.4, -0.2) is 140 Å². The van der Waals surface area contributed by atoms with E-state index in [2.05, 4.69) is 0 Å². The van der Waals surface area contributed by atoms with E-state index in [9.17, 15) is 45.6 Å². The van der Waals surface area contributed by atoms with Crippen LogP contribution < -0.4 is 9.47 Å². The van der Waals surface area contributed by atoms with Crippen LogP contribution in [0.5, 0.6) is 11.5 Å². The van der Waals surface area contributed by atoms with Crippen molar-refractivity contribution in [3.05, 3.63) is 36.1 Å². The normalized spacial score (nSPS) is 44.5. The maximum absolute atomic E-state index is 13.3. The molecule has 1 aromatic carbocycles. The van der Waals surface area contributed by atoms with Crippen LogP contribution >= 0.6 is 0 Å². The van der Waals surface area contributed by atoms with E-state index in [-0.39, 0.29) is 23.5 Å². The quantitative estimate of drug-likeness (QED) is 0.136. The minimum absolute atomic E-state index is 0.0160. The van der Waals surface area contributed by atoms with Gasteiger partial charge in [0.2, 0.25) is 12.6 Å². The Morgan fingerprint density at radius 2 is 1.62 bits per heavy atom. The Morgan fingerprint density at radius 3 is 2.31 bits per heavy atom. The van der Waals surface area contributed by atoms with Gasteiger partial charge in [0.1, 0.15) is 48.8 Å². The molecule has 15 atom stereocenters. The molecule has 1 aliphatic carbocycles. The largest absolute Gasteiger partial charge is 0.493 e. The first-order chi connectivity index (χ1) is 21.3. The van der Waals surface area contributed by atoms with Crippen LogP contribution in [-0.2, 0) is 23.7 Å². The highest BCUT2D eigenvalue weighted by Gasteiger charge is 2.58. The molecule has 0 radical (unpaired) electrons. The molecule has 0 aromatic heterocycles. The van der Waals surface area contributed by atoms with Gasteiger partial charge in [0.15, 0.2) is 17.8 Å². The van der Waals surface area contributed by atoms with Crippen molar-refractivity contribution in [2.45, 2.75) is 99.7 Å². The number of carbonyl (C=O) groups excluding carboxylic acids is 1. The lowest BCUT2D eigenvalue weighted by molar-refractivity contribution is -0.346. The molecule has 16 nitrogen and oxygen atoms in total. The summed E-state index contributed by atoms with van der Waals surface area (Å²) in [6.45, 7) is 2.37. The zero-order valence-corrected chi connectivity index (χ0v) is 24.7. The van der Waals surface area contributed by atoms with E-state index in [1.807, 2.05) is 0 Å². The smallest absolute Gasteiger partial charge is 0.338 e. The molecule has 0 unspecified atom stereocenters. The van der Waals surface area contributed by atoms with Gasteiger partial charge in [-0.2, -0.15) is 0 Å². The predicted octanol–water partition coefficient (Wildman–Crippen LogP) is -2.50. The van der Waals surface area contributed by atoms with Gasteiger partial charge in [0.05, 0.1) is 43.2 Å². The van der Waals surface area contributed by atoms with Gasteiger partial charge in [-0.3, -0.25) is 0 Å². The summed E-state index contributed by atoms with van der Waals surface area (Å²) >= 11 is 0. The van der Waals surface area contributed by atoms with Crippen molar-refractivity contribution in [2.24, 2.45) is 11.8 Å². The predicted molar refractivity (Wildman–Crippen MR) is 146 cm³/mol. The van der Waals surface area contributed by atoms with Gasteiger partial charge in [-0.05, 0) is 38.1 Å². The summed E-state index contributed by atoms with van der Waals surface area (Å²) in [5.41, 5.74) is -1.42.